The van der Waals surface area contributed by atoms with Crippen LogP contribution in [0.1, 0.15) is 44.7 Å². The van der Waals surface area contributed by atoms with Gasteiger partial charge in [0.15, 0.2) is 0 Å². The van der Waals surface area contributed by atoms with Crippen molar-refractivity contribution in [1.82, 2.24) is 4.98 Å². The third-order valence-electron chi connectivity index (χ3n) is 2.29. The Morgan fingerprint density at radius 3 is 2.93 bits per heavy atom. The van der Waals surface area contributed by atoms with Gasteiger partial charge in [-0.1, -0.05) is 43.9 Å². The van der Waals surface area contributed by atoms with Crippen molar-refractivity contribution in [3.8, 4) is 0 Å². The third kappa shape index (κ3) is 4.98. The first-order valence-electron chi connectivity index (χ1n) is 5.61. The summed E-state index contributed by atoms with van der Waals surface area (Å²) < 4.78 is 0. The van der Waals surface area contributed by atoms with Crippen molar-refractivity contribution in [2.24, 2.45) is 0 Å². The summed E-state index contributed by atoms with van der Waals surface area (Å²) in [6, 6.07) is 3.71. The van der Waals surface area contributed by atoms with Crippen molar-refractivity contribution < 1.29 is 0 Å². The van der Waals surface area contributed by atoms with E-state index < -0.39 is 0 Å². The van der Waals surface area contributed by atoms with E-state index in [4.69, 9.17) is 11.6 Å². The highest BCUT2D eigenvalue weighted by Gasteiger charge is 1.93. The molecule has 0 aliphatic carbocycles. The minimum absolute atomic E-state index is 0.724. The Hall–Kier alpha value is -0.820. The fourth-order valence-corrected chi connectivity index (χ4v) is 1.59. The Balaban J connectivity index is 2.29. The van der Waals surface area contributed by atoms with Crippen LogP contribution in [0.3, 0.4) is 0 Å². The second-order valence-electron chi connectivity index (χ2n) is 3.62. The Labute approximate surface area is 97.2 Å². The van der Waals surface area contributed by atoms with Gasteiger partial charge in [0, 0.05) is 6.20 Å². The molecular weight excluding hydrogens is 206 g/mol. The lowest BCUT2D eigenvalue weighted by Crippen LogP contribution is -1.80. The summed E-state index contributed by atoms with van der Waals surface area (Å²) >= 11 is 5.97. The summed E-state index contributed by atoms with van der Waals surface area (Å²) in [4.78, 5) is 4.19. The minimum atomic E-state index is 0.724. The van der Waals surface area contributed by atoms with Crippen molar-refractivity contribution in [2.75, 3.05) is 0 Å². The number of hydrogen-bond acceptors (Lipinski definition) is 1. The first kappa shape index (κ1) is 12.3. The second kappa shape index (κ2) is 7.47. The second-order valence-corrected chi connectivity index (χ2v) is 4.03. The molecule has 0 N–H and O–H groups in total. The van der Waals surface area contributed by atoms with Gasteiger partial charge in [-0.15, -0.1) is 0 Å². The van der Waals surface area contributed by atoms with E-state index in [2.05, 4.69) is 18.0 Å². The zero-order valence-corrected chi connectivity index (χ0v) is 10.0. The van der Waals surface area contributed by atoms with Gasteiger partial charge < -0.3 is 0 Å². The fraction of sp³-hybridized carbons (Fsp3) is 0.462. The van der Waals surface area contributed by atoms with E-state index in [1.165, 1.54) is 25.7 Å². The van der Waals surface area contributed by atoms with E-state index in [1.54, 1.807) is 6.20 Å². The molecule has 0 bridgehead atoms. The molecule has 0 amide bonds. The van der Waals surface area contributed by atoms with Crippen LogP contribution >= 0.6 is 11.6 Å². The van der Waals surface area contributed by atoms with Gasteiger partial charge in [0.2, 0.25) is 0 Å². The molecule has 1 nitrogen and oxygen atoms in total. The summed E-state index contributed by atoms with van der Waals surface area (Å²) in [6.45, 7) is 2.23. The van der Waals surface area contributed by atoms with Crippen LogP contribution < -0.4 is 0 Å². The minimum Gasteiger partial charge on any atom is -0.255 e. The zero-order chi connectivity index (χ0) is 10.9. The van der Waals surface area contributed by atoms with Gasteiger partial charge in [0.1, 0.15) is 0 Å². The van der Waals surface area contributed by atoms with Gasteiger partial charge in [-0.3, -0.25) is 4.98 Å². The normalized spacial score (nSPS) is 11.1. The summed E-state index contributed by atoms with van der Waals surface area (Å²) in [7, 11) is 0. The maximum atomic E-state index is 5.97. The molecule has 2 heteroatoms. The molecule has 0 spiro atoms. The number of nitrogens with zero attached hydrogens (tertiary/aromatic N) is 1. The third-order valence-corrected chi connectivity index (χ3v) is 2.61. The number of rotatable bonds is 6. The lowest BCUT2D eigenvalue weighted by Gasteiger charge is -1.96. The summed E-state index contributed by atoms with van der Waals surface area (Å²) in [5, 5.41) is 0.724. The number of allylic oxidation sites excluding steroid dienone is 1. The molecule has 0 saturated carbocycles. The predicted molar refractivity (Wildman–Crippen MR) is 67.0 cm³/mol. The van der Waals surface area contributed by atoms with Gasteiger partial charge in [-0.05, 0) is 31.1 Å². The average molecular weight is 224 g/mol. The molecule has 1 heterocycles. The van der Waals surface area contributed by atoms with Crippen LogP contribution in [0.5, 0.6) is 0 Å². The molecule has 0 fully saturated rings. The molecule has 0 radical (unpaired) electrons. The molecule has 1 rings (SSSR count). The quantitative estimate of drug-likeness (QED) is 0.636. The van der Waals surface area contributed by atoms with Crippen LogP contribution in [0.4, 0.5) is 0 Å². The maximum Gasteiger partial charge on any atom is 0.0812 e. The predicted octanol–water partition coefficient (Wildman–Crippen LogP) is 4.72. The van der Waals surface area contributed by atoms with Crippen LogP contribution in [-0.4, -0.2) is 4.98 Å². The number of halogens is 1. The van der Waals surface area contributed by atoms with Crippen molar-refractivity contribution in [3.05, 3.63) is 35.1 Å². The van der Waals surface area contributed by atoms with Crippen molar-refractivity contribution in [2.45, 2.75) is 39.0 Å². The zero-order valence-electron chi connectivity index (χ0n) is 9.25. The molecule has 82 valence electrons. The standard InChI is InChI=1S/C13H18ClN/c1-2-3-4-5-6-7-10-13-12(14)9-8-11-15-13/h7-11H,2-6H2,1H3/b10-7+. The summed E-state index contributed by atoms with van der Waals surface area (Å²) in [6.07, 6.45) is 12.2. The Bertz CT molecular complexity index is 307. The van der Waals surface area contributed by atoms with E-state index >= 15 is 0 Å². The lowest BCUT2D eigenvalue weighted by atomic mass is 10.1. The van der Waals surface area contributed by atoms with Gasteiger partial charge >= 0.3 is 0 Å². The highest BCUT2D eigenvalue weighted by molar-refractivity contribution is 6.31. The van der Waals surface area contributed by atoms with E-state index in [0.29, 0.717) is 0 Å². The molecular formula is C13H18ClN. The van der Waals surface area contributed by atoms with E-state index in [-0.39, 0.29) is 0 Å². The average Bonchev–Trinajstić information content (AvgIpc) is 2.25. The monoisotopic (exact) mass is 223 g/mol. The SMILES string of the molecule is CCCCCC/C=C/c1ncccc1Cl. The van der Waals surface area contributed by atoms with Crippen molar-refractivity contribution in [1.29, 1.82) is 0 Å². The molecule has 0 unspecified atom stereocenters. The van der Waals surface area contributed by atoms with Gasteiger partial charge in [0.05, 0.1) is 10.7 Å². The van der Waals surface area contributed by atoms with E-state index in [0.717, 1.165) is 17.1 Å². The largest absolute Gasteiger partial charge is 0.255 e. The molecule has 0 aliphatic heterocycles. The molecule has 0 atom stereocenters. The molecule has 1 aromatic heterocycles. The van der Waals surface area contributed by atoms with Crippen LogP contribution in [-0.2, 0) is 0 Å². The molecule has 0 aliphatic rings. The van der Waals surface area contributed by atoms with Gasteiger partial charge in [0.25, 0.3) is 0 Å². The van der Waals surface area contributed by atoms with Crippen LogP contribution in [0.25, 0.3) is 6.08 Å². The van der Waals surface area contributed by atoms with E-state index in [9.17, 15) is 0 Å². The number of aromatic nitrogens is 1. The van der Waals surface area contributed by atoms with Gasteiger partial charge in [-0.25, -0.2) is 0 Å². The smallest absolute Gasteiger partial charge is 0.0812 e. The Morgan fingerprint density at radius 1 is 1.33 bits per heavy atom. The Kier molecular flexibility index (Phi) is 6.10. The highest BCUT2D eigenvalue weighted by Crippen LogP contribution is 2.14. The van der Waals surface area contributed by atoms with Crippen LogP contribution in [0, 0.1) is 0 Å². The maximum absolute atomic E-state index is 5.97. The Morgan fingerprint density at radius 2 is 2.20 bits per heavy atom. The fourth-order valence-electron chi connectivity index (χ4n) is 1.40. The molecule has 1 aromatic rings. The molecule has 15 heavy (non-hydrogen) atoms. The number of hydrogen-bond donors (Lipinski definition) is 0. The van der Waals surface area contributed by atoms with Crippen LogP contribution in [0.15, 0.2) is 24.4 Å². The topological polar surface area (TPSA) is 12.9 Å². The van der Waals surface area contributed by atoms with Crippen molar-refractivity contribution in [3.63, 3.8) is 0 Å². The first-order chi connectivity index (χ1) is 7.34. The van der Waals surface area contributed by atoms with Crippen molar-refractivity contribution >= 4 is 17.7 Å². The molecule has 0 aromatic carbocycles. The number of pyridine rings is 1. The summed E-state index contributed by atoms with van der Waals surface area (Å²) in [5.41, 5.74) is 0.870. The lowest BCUT2D eigenvalue weighted by molar-refractivity contribution is 0.675. The van der Waals surface area contributed by atoms with E-state index in [1.807, 2.05) is 18.2 Å². The molecule has 0 saturated heterocycles. The van der Waals surface area contributed by atoms with Crippen LogP contribution in [0.2, 0.25) is 5.02 Å². The highest BCUT2D eigenvalue weighted by atomic mass is 35.5. The summed E-state index contributed by atoms with van der Waals surface area (Å²) in [5.74, 6) is 0. The first-order valence-corrected chi connectivity index (χ1v) is 5.99. The van der Waals surface area contributed by atoms with Gasteiger partial charge in [-0.2, -0.15) is 0 Å². The number of unbranched alkanes of at least 4 members (excludes halogenated alkanes) is 4.